The average molecular weight is 276 g/mol. The number of halogens is 2. The summed E-state index contributed by atoms with van der Waals surface area (Å²) in [7, 11) is 0. The quantitative estimate of drug-likeness (QED) is 0.649. The second kappa shape index (κ2) is 6.59. The number of hydrazine groups is 1. The van der Waals surface area contributed by atoms with Gasteiger partial charge in [0.15, 0.2) is 11.6 Å². The van der Waals surface area contributed by atoms with Crippen molar-refractivity contribution in [3.8, 4) is 0 Å². The lowest BCUT2D eigenvalue weighted by Crippen LogP contribution is -2.28. The van der Waals surface area contributed by atoms with E-state index in [1.54, 1.807) is 6.07 Å². The van der Waals surface area contributed by atoms with Crippen LogP contribution in [0, 0.1) is 18.6 Å². The van der Waals surface area contributed by atoms with E-state index in [1.807, 2.05) is 12.1 Å². The summed E-state index contributed by atoms with van der Waals surface area (Å²) in [5.41, 5.74) is 5.77. The third-order valence-electron chi connectivity index (χ3n) is 3.51. The molecule has 2 rings (SSSR count). The zero-order valence-corrected chi connectivity index (χ0v) is 11.4. The molecule has 1 atom stereocenters. The summed E-state index contributed by atoms with van der Waals surface area (Å²) >= 11 is 0. The maximum absolute atomic E-state index is 13.3. The van der Waals surface area contributed by atoms with E-state index in [9.17, 15) is 8.78 Å². The van der Waals surface area contributed by atoms with Gasteiger partial charge in [0.1, 0.15) is 0 Å². The first kappa shape index (κ1) is 14.6. The van der Waals surface area contributed by atoms with Crippen LogP contribution in [0.2, 0.25) is 0 Å². The minimum atomic E-state index is -0.848. The molecule has 0 amide bonds. The first-order chi connectivity index (χ1) is 9.61. The number of hydrogen-bond acceptors (Lipinski definition) is 2. The lowest BCUT2D eigenvalue weighted by molar-refractivity contribution is 0.488. The molecule has 0 saturated carbocycles. The van der Waals surface area contributed by atoms with Crippen LogP contribution < -0.4 is 11.3 Å². The Morgan fingerprint density at radius 3 is 2.50 bits per heavy atom. The van der Waals surface area contributed by atoms with E-state index >= 15 is 0 Å². The number of nitrogens with one attached hydrogen (secondary N) is 1. The molecule has 0 spiro atoms. The summed E-state index contributed by atoms with van der Waals surface area (Å²) in [6, 6.07) is 11.8. The van der Waals surface area contributed by atoms with Gasteiger partial charge in [0.05, 0.1) is 0 Å². The number of aryl methyl sites for hydroxylation is 2. The lowest BCUT2D eigenvalue weighted by Gasteiger charge is -2.17. The molecule has 2 aromatic carbocycles. The van der Waals surface area contributed by atoms with Gasteiger partial charge in [-0.25, -0.2) is 8.78 Å². The molecule has 0 bridgehead atoms. The molecular weight excluding hydrogens is 258 g/mol. The fourth-order valence-electron chi connectivity index (χ4n) is 2.27. The predicted octanol–water partition coefficient (Wildman–Crippen LogP) is 3.41. The summed E-state index contributed by atoms with van der Waals surface area (Å²) in [5, 5.41) is 0. The van der Waals surface area contributed by atoms with Crippen molar-refractivity contribution in [1.82, 2.24) is 5.43 Å². The second-order valence-electron chi connectivity index (χ2n) is 4.86. The molecule has 0 radical (unpaired) electrons. The molecule has 0 aliphatic carbocycles. The van der Waals surface area contributed by atoms with E-state index in [0.29, 0.717) is 12.0 Å². The molecular formula is C16H18F2N2. The maximum atomic E-state index is 13.3. The molecule has 0 aliphatic heterocycles. The van der Waals surface area contributed by atoms with Crippen molar-refractivity contribution in [3.63, 3.8) is 0 Å². The first-order valence-corrected chi connectivity index (χ1v) is 6.57. The Morgan fingerprint density at radius 2 is 1.85 bits per heavy atom. The summed E-state index contributed by atoms with van der Waals surface area (Å²) in [6.07, 6.45) is 1.53. The molecule has 2 nitrogen and oxygen atoms in total. The van der Waals surface area contributed by atoms with Gasteiger partial charge < -0.3 is 0 Å². The van der Waals surface area contributed by atoms with E-state index in [0.717, 1.165) is 12.5 Å². The van der Waals surface area contributed by atoms with Crippen LogP contribution in [0.15, 0.2) is 42.5 Å². The van der Waals surface area contributed by atoms with Crippen molar-refractivity contribution in [3.05, 3.63) is 70.8 Å². The number of nitrogens with two attached hydrogens (primary N) is 1. The van der Waals surface area contributed by atoms with Crippen molar-refractivity contribution in [1.29, 1.82) is 0 Å². The highest BCUT2D eigenvalue weighted by Gasteiger charge is 2.13. The minimum absolute atomic E-state index is 0.204. The van der Waals surface area contributed by atoms with Crippen LogP contribution in [0.4, 0.5) is 8.78 Å². The van der Waals surface area contributed by atoms with E-state index in [-0.39, 0.29) is 6.04 Å². The summed E-state index contributed by atoms with van der Waals surface area (Å²) < 4.78 is 26.2. The van der Waals surface area contributed by atoms with Crippen LogP contribution in [0.3, 0.4) is 0 Å². The second-order valence-corrected chi connectivity index (χ2v) is 4.86. The fourth-order valence-corrected chi connectivity index (χ4v) is 2.27. The highest BCUT2D eigenvalue weighted by Crippen LogP contribution is 2.21. The first-order valence-electron chi connectivity index (χ1n) is 6.57. The average Bonchev–Trinajstić information content (AvgIpc) is 2.45. The van der Waals surface area contributed by atoms with Crippen LogP contribution in [0.25, 0.3) is 0 Å². The van der Waals surface area contributed by atoms with Crippen molar-refractivity contribution < 1.29 is 8.78 Å². The fraction of sp³-hybridized carbons (Fsp3) is 0.250. The molecule has 0 aliphatic rings. The Morgan fingerprint density at radius 1 is 1.10 bits per heavy atom. The zero-order valence-electron chi connectivity index (χ0n) is 11.4. The topological polar surface area (TPSA) is 38.0 Å². The monoisotopic (exact) mass is 276 g/mol. The van der Waals surface area contributed by atoms with Gasteiger partial charge >= 0.3 is 0 Å². The van der Waals surface area contributed by atoms with Crippen LogP contribution in [0.5, 0.6) is 0 Å². The summed E-state index contributed by atoms with van der Waals surface area (Å²) in [5.74, 6) is 3.84. The van der Waals surface area contributed by atoms with Gasteiger partial charge in [-0.05, 0) is 48.6 Å². The SMILES string of the molecule is Cc1ccccc1CCC(NN)c1ccc(F)c(F)c1. The minimum Gasteiger partial charge on any atom is -0.271 e. The molecule has 0 heterocycles. The standard InChI is InChI=1S/C16H18F2N2/c1-11-4-2-3-5-12(11)7-9-16(20-19)13-6-8-14(17)15(18)10-13/h2-6,8,10,16,20H,7,9,19H2,1H3. The Balaban J connectivity index is 2.09. The third-order valence-corrected chi connectivity index (χ3v) is 3.51. The smallest absolute Gasteiger partial charge is 0.159 e. The summed E-state index contributed by atoms with van der Waals surface area (Å²) in [4.78, 5) is 0. The van der Waals surface area contributed by atoms with E-state index in [4.69, 9.17) is 5.84 Å². The Kier molecular flexibility index (Phi) is 4.82. The van der Waals surface area contributed by atoms with Crippen molar-refractivity contribution in [2.24, 2.45) is 5.84 Å². The number of benzene rings is 2. The molecule has 106 valence electrons. The third kappa shape index (κ3) is 3.40. The van der Waals surface area contributed by atoms with Crippen LogP contribution in [-0.2, 0) is 6.42 Å². The lowest BCUT2D eigenvalue weighted by atomic mass is 9.97. The van der Waals surface area contributed by atoms with Gasteiger partial charge in [0.2, 0.25) is 0 Å². The predicted molar refractivity (Wildman–Crippen MR) is 75.9 cm³/mol. The van der Waals surface area contributed by atoms with E-state index in [2.05, 4.69) is 24.5 Å². The molecule has 1 unspecified atom stereocenters. The Bertz CT molecular complexity index is 584. The van der Waals surface area contributed by atoms with Crippen molar-refractivity contribution in [2.75, 3.05) is 0 Å². The van der Waals surface area contributed by atoms with Crippen LogP contribution in [-0.4, -0.2) is 0 Å². The van der Waals surface area contributed by atoms with E-state index < -0.39 is 11.6 Å². The van der Waals surface area contributed by atoms with Crippen LogP contribution >= 0.6 is 0 Å². The number of rotatable bonds is 5. The van der Waals surface area contributed by atoms with Crippen molar-refractivity contribution in [2.45, 2.75) is 25.8 Å². The Hall–Kier alpha value is -1.78. The summed E-state index contributed by atoms with van der Waals surface area (Å²) in [6.45, 7) is 2.05. The van der Waals surface area contributed by atoms with Gasteiger partial charge in [0.25, 0.3) is 0 Å². The van der Waals surface area contributed by atoms with Gasteiger partial charge in [-0.3, -0.25) is 11.3 Å². The zero-order chi connectivity index (χ0) is 14.5. The Labute approximate surface area is 117 Å². The van der Waals surface area contributed by atoms with Gasteiger partial charge in [-0.2, -0.15) is 0 Å². The largest absolute Gasteiger partial charge is 0.271 e. The normalized spacial score (nSPS) is 12.4. The van der Waals surface area contributed by atoms with Gasteiger partial charge in [-0.1, -0.05) is 30.3 Å². The van der Waals surface area contributed by atoms with Crippen LogP contribution in [0.1, 0.15) is 29.2 Å². The molecule has 0 fully saturated rings. The molecule has 2 aromatic rings. The molecule has 20 heavy (non-hydrogen) atoms. The van der Waals surface area contributed by atoms with Crippen molar-refractivity contribution >= 4 is 0 Å². The highest BCUT2D eigenvalue weighted by molar-refractivity contribution is 5.27. The molecule has 4 heteroatoms. The number of hydrogen-bond donors (Lipinski definition) is 2. The molecule has 3 N–H and O–H groups in total. The highest BCUT2D eigenvalue weighted by atomic mass is 19.2. The van der Waals surface area contributed by atoms with E-state index in [1.165, 1.54) is 17.2 Å². The van der Waals surface area contributed by atoms with Gasteiger partial charge in [0, 0.05) is 6.04 Å². The van der Waals surface area contributed by atoms with Gasteiger partial charge in [-0.15, -0.1) is 0 Å². The maximum Gasteiger partial charge on any atom is 0.159 e. The molecule has 0 saturated heterocycles. The molecule has 0 aromatic heterocycles.